The normalized spacial score (nSPS) is 10.9. The highest BCUT2D eigenvalue weighted by Gasteiger charge is 2.18. The van der Waals surface area contributed by atoms with E-state index in [2.05, 4.69) is 15.4 Å². The summed E-state index contributed by atoms with van der Waals surface area (Å²) in [7, 11) is 1.78. The van der Waals surface area contributed by atoms with Gasteiger partial charge < -0.3 is 5.32 Å². The van der Waals surface area contributed by atoms with Crippen LogP contribution in [-0.2, 0) is 7.05 Å². The van der Waals surface area contributed by atoms with Crippen LogP contribution < -0.4 is 5.32 Å². The number of rotatable bonds is 2. The van der Waals surface area contributed by atoms with Gasteiger partial charge in [-0.05, 0) is 31.2 Å². The molecule has 0 aliphatic heterocycles. The number of hydrogen-bond donors (Lipinski definition) is 1. The van der Waals surface area contributed by atoms with Crippen LogP contribution in [0, 0.1) is 6.92 Å². The molecule has 0 aliphatic rings. The number of nitrogens with one attached hydrogen (secondary N) is 1. The Hall–Kier alpha value is -2.11. The predicted molar refractivity (Wildman–Crippen MR) is 87.7 cm³/mol. The molecule has 0 bridgehead atoms. The lowest BCUT2D eigenvalue weighted by Gasteiger charge is -2.07. The Morgan fingerprint density at radius 1 is 1.23 bits per heavy atom. The van der Waals surface area contributed by atoms with Crippen LogP contribution in [-0.4, -0.2) is 20.7 Å². The monoisotopic (exact) mass is 334 g/mol. The molecule has 5 nitrogen and oxygen atoms in total. The van der Waals surface area contributed by atoms with E-state index in [1.165, 1.54) is 6.20 Å². The van der Waals surface area contributed by atoms with Crippen LogP contribution in [0.25, 0.3) is 11.0 Å². The SMILES string of the molecule is Cc1nn(C)c2ncc(C(=O)Nc3ccc(Cl)cc3)c(Cl)c12. The first-order valence-electron chi connectivity index (χ1n) is 6.52. The minimum Gasteiger partial charge on any atom is -0.322 e. The number of aryl methyl sites for hydroxylation is 2. The van der Waals surface area contributed by atoms with E-state index < -0.39 is 0 Å². The Kier molecular flexibility index (Phi) is 3.76. The third-order valence-electron chi connectivity index (χ3n) is 3.31. The van der Waals surface area contributed by atoms with Gasteiger partial charge >= 0.3 is 0 Å². The molecule has 22 heavy (non-hydrogen) atoms. The second-order valence-corrected chi connectivity index (χ2v) is 5.67. The highest BCUT2D eigenvalue weighted by molar-refractivity contribution is 6.39. The minimum absolute atomic E-state index is 0.306. The van der Waals surface area contributed by atoms with E-state index in [4.69, 9.17) is 23.2 Å². The van der Waals surface area contributed by atoms with Crippen molar-refractivity contribution in [3.05, 3.63) is 51.8 Å². The van der Waals surface area contributed by atoms with Gasteiger partial charge in [0.25, 0.3) is 5.91 Å². The standard InChI is InChI=1S/C15H12Cl2N4O/c1-8-12-13(17)11(7-18-14(12)21(2)20-8)15(22)19-10-5-3-9(16)4-6-10/h3-7H,1-2H3,(H,19,22). The van der Waals surface area contributed by atoms with Crippen LogP contribution in [0.1, 0.15) is 16.1 Å². The van der Waals surface area contributed by atoms with E-state index in [1.54, 1.807) is 36.0 Å². The van der Waals surface area contributed by atoms with Gasteiger partial charge in [0.15, 0.2) is 5.65 Å². The van der Waals surface area contributed by atoms with E-state index >= 15 is 0 Å². The Morgan fingerprint density at radius 3 is 2.59 bits per heavy atom. The summed E-state index contributed by atoms with van der Waals surface area (Å²) in [4.78, 5) is 16.7. The van der Waals surface area contributed by atoms with Gasteiger partial charge in [-0.25, -0.2) is 4.98 Å². The average molecular weight is 335 g/mol. The molecule has 112 valence electrons. The van der Waals surface area contributed by atoms with Crippen LogP contribution >= 0.6 is 23.2 Å². The van der Waals surface area contributed by atoms with Gasteiger partial charge in [0.1, 0.15) is 0 Å². The molecule has 7 heteroatoms. The smallest absolute Gasteiger partial charge is 0.258 e. The van der Waals surface area contributed by atoms with Gasteiger partial charge in [-0.1, -0.05) is 23.2 Å². The summed E-state index contributed by atoms with van der Waals surface area (Å²) < 4.78 is 1.64. The number of fused-ring (bicyclic) bond motifs is 1. The minimum atomic E-state index is -0.329. The lowest BCUT2D eigenvalue weighted by molar-refractivity contribution is 0.102. The molecule has 0 unspecified atom stereocenters. The maximum atomic E-state index is 12.4. The predicted octanol–water partition coefficient (Wildman–Crippen LogP) is 3.84. The maximum Gasteiger partial charge on any atom is 0.258 e. The van der Waals surface area contributed by atoms with Gasteiger partial charge in [0.2, 0.25) is 0 Å². The number of amides is 1. The second kappa shape index (κ2) is 5.59. The molecule has 0 saturated carbocycles. The molecule has 1 amide bonds. The van der Waals surface area contributed by atoms with Crippen molar-refractivity contribution in [2.24, 2.45) is 7.05 Å². The quantitative estimate of drug-likeness (QED) is 0.774. The second-order valence-electron chi connectivity index (χ2n) is 4.85. The van der Waals surface area contributed by atoms with Crippen molar-refractivity contribution >= 4 is 45.8 Å². The molecule has 2 heterocycles. The fraction of sp³-hybridized carbons (Fsp3) is 0.133. The number of carbonyl (C=O) groups excluding carboxylic acids is 1. The van der Waals surface area contributed by atoms with E-state index in [0.29, 0.717) is 32.3 Å². The Bertz CT molecular complexity index is 871. The molecule has 3 rings (SSSR count). The average Bonchev–Trinajstić information content (AvgIpc) is 2.77. The van der Waals surface area contributed by atoms with Crippen molar-refractivity contribution in [2.75, 3.05) is 5.32 Å². The number of anilines is 1. The fourth-order valence-corrected chi connectivity index (χ4v) is 2.74. The van der Waals surface area contributed by atoms with E-state index in [9.17, 15) is 4.79 Å². The first-order chi connectivity index (χ1) is 10.5. The number of nitrogens with zero attached hydrogens (tertiary/aromatic N) is 3. The Balaban J connectivity index is 1.99. The molecule has 0 atom stereocenters. The molecule has 0 spiro atoms. The van der Waals surface area contributed by atoms with Crippen molar-refractivity contribution in [3.8, 4) is 0 Å². The molecular weight excluding hydrogens is 323 g/mol. The molecule has 0 aliphatic carbocycles. The summed E-state index contributed by atoms with van der Waals surface area (Å²) in [5.74, 6) is -0.329. The topological polar surface area (TPSA) is 59.8 Å². The van der Waals surface area contributed by atoms with Crippen LogP contribution in [0.15, 0.2) is 30.5 Å². The number of benzene rings is 1. The fourth-order valence-electron chi connectivity index (χ4n) is 2.26. The van der Waals surface area contributed by atoms with E-state index in [0.717, 1.165) is 5.69 Å². The lowest BCUT2D eigenvalue weighted by Crippen LogP contribution is -2.13. The number of halogens is 2. The Morgan fingerprint density at radius 2 is 1.91 bits per heavy atom. The summed E-state index contributed by atoms with van der Waals surface area (Å²) in [6.45, 7) is 1.83. The molecule has 0 fully saturated rings. The third-order valence-corrected chi connectivity index (χ3v) is 3.96. The zero-order chi connectivity index (χ0) is 15.9. The van der Waals surface area contributed by atoms with Crippen molar-refractivity contribution in [2.45, 2.75) is 6.92 Å². The summed E-state index contributed by atoms with van der Waals surface area (Å²) in [6.07, 6.45) is 1.46. The highest BCUT2D eigenvalue weighted by Crippen LogP contribution is 2.28. The largest absolute Gasteiger partial charge is 0.322 e. The zero-order valence-corrected chi connectivity index (χ0v) is 13.4. The maximum absolute atomic E-state index is 12.4. The Labute approximate surface area is 136 Å². The zero-order valence-electron chi connectivity index (χ0n) is 11.9. The van der Waals surface area contributed by atoms with Crippen LogP contribution in [0.2, 0.25) is 10.0 Å². The lowest BCUT2D eigenvalue weighted by atomic mass is 10.2. The van der Waals surface area contributed by atoms with Gasteiger partial charge in [0.05, 0.1) is 21.7 Å². The van der Waals surface area contributed by atoms with Gasteiger partial charge in [-0.2, -0.15) is 5.10 Å². The van der Waals surface area contributed by atoms with Crippen molar-refractivity contribution in [3.63, 3.8) is 0 Å². The summed E-state index contributed by atoms with van der Waals surface area (Å²) in [5.41, 5.74) is 2.32. The summed E-state index contributed by atoms with van der Waals surface area (Å²) >= 11 is 12.2. The molecule has 3 aromatic rings. The van der Waals surface area contributed by atoms with Crippen molar-refractivity contribution in [1.29, 1.82) is 0 Å². The molecule has 0 saturated heterocycles. The highest BCUT2D eigenvalue weighted by atomic mass is 35.5. The first kappa shape index (κ1) is 14.8. The molecule has 1 aromatic carbocycles. The third kappa shape index (κ3) is 2.53. The molecule has 0 radical (unpaired) electrons. The number of hydrogen-bond acceptors (Lipinski definition) is 3. The molecular formula is C15H12Cl2N4O. The van der Waals surface area contributed by atoms with Crippen LogP contribution in [0.5, 0.6) is 0 Å². The van der Waals surface area contributed by atoms with E-state index in [1.807, 2.05) is 6.92 Å². The molecule has 2 aromatic heterocycles. The first-order valence-corrected chi connectivity index (χ1v) is 7.27. The number of pyridine rings is 1. The molecule has 1 N–H and O–H groups in total. The summed E-state index contributed by atoms with van der Waals surface area (Å²) in [6, 6.07) is 6.84. The van der Waals surface area contributed by atoms with Crippen molar-refractivity contribution in [1.82, 2.24) is 14.8 Å². The van der Waals surface area contributed by atoms with E-state index in [-0.39, 0.29) is 5.91 Å². The van der Waals surface area contributed by atoms with Gasteiger partial charge in [-0.3, -0.25) is 9.48 Å². The summed E-state index contributed by atoms with van der Waals surface area (Å²) in [5, 5.41) is 8.68. The van der Waals surface area contributed by atoms with Gasteiger partial charge in [0, 0.05) is 24.0 Å². The number of aromatic nitrogens is 3. The van der Waals surface area contributed by atoms with Crippen LogP contribution in [0.4, 0.5) is 5.69 Å². The number of carbonyl (C=O) groups is 1. The van der Waals surface area contributed by atoms with Crippen LogP contribution in [0.3, 0.4) is 0 Å². The van der Waals surface area contributed by atoms with Gasteiger partial charge in [-0.15, -0.1) is 0 Å². The van der Waals surface area contributed by atoms with Crippen molar-refractivity contribution < 1.29 is 4.79 Å².